The van der Waals surface area contributed by atoms with E-state index in [-0.39, 0.29) is 5.82 Å². The van der Waals surface area contributed by atoms with Crippen molar-refractivity contribution in [1.82, 2.24) is 4.98 Å². The minimum atomic E-state index is -0.0904. The van der Waals surface area contributed by atoms with Crippen molar-refractivity contribution in [2.24, 2.45) is 5.92 Å². The van der Waals surface area contributed by atoms with Gasteiger partial charge in [-0.2, -0.15) is 0 Å². The highest BCUT2D eigenvalue weighted by Gasteiger charge is 2.23. The van der Waals surface area contributed by atoms with Crippen LogP contribution in [0.3, 0.4) is 0 Å². The van der Waals surface area contributed by atoms with E-state index in [1.165, 1.54) is 19.3 Å². The van der Waals surface area contributed by atoms with Gasteiger partial charge in [-0.3, -0.25) is 0 Å². The lowest BCUT2D eigenvalue weighted by molar-refractivity contribution is 0.314. The highest BCUT2D eigenvalue weighted by molar-refractivity contribution is 6.29. The Balaban J connectivity index is 1.79. The van der Waals surface area contributed by atoms with Gasteiger partial charge in [-0.1, -0.05) is 37.1 Å². The molecule has 3 heteroatoms. The first-order valence-electron chi connectivity index (χ1n) is 8.08. The van der Waals surface area contributed by atoms with Crippen molar-refractivity contribution in [2.45, 2.75) is 44.9 Å². The third kappa shape index (κ3) is 3.33. The van der Waals surface area contributed by atoms with Crippen LogP contribution in [-0.2, 0) is 0 Å². The second-order valence-electron chi connectivity index (χ2n) is 6.23. The summed E-state index contributed by atoms with van der Waals surface area (Å²) in [7, 11) is 0. The molecule has 0 bridgehead atoms. The number of pyridine rings is 1. The zero-order chi connectivity index (χ0) is 15.5. The average molecular weight is 318 g/mol. The van der Waals surface area contributed by atoms with Crippen LogP contribution >= 0.6 is 11.6 Å². The number of nitrogens with zero attached hydrogens (tertiary/aromatic N) is 1. The molecule has 1 aliphatic carbocycles. The summed E-state index contributed by atoms with van der Waals surface area (Å²) in [5.74, 6) is 1.12. The van der Waals surface area contributed by atoms with E-state index in [0.29, 0.717) is 11.1 Å². The SMILES string of the molecule is CCC1CCC(c2ccc(-c3ccc(Cl)nc3)cc2F)CC1. The molecule has 0 aliphatic heterocycles. The molecule has 116 valence electrons. The standard InChI is InChI=1S/C19H21ClFN/c1-2-13-3-5-14(6-4-13)17-9-7-15(11-18(17)21)16-8-10-19(20)22-12-16/h7-14H,2-6H2,1H3. The van der Waals surface area contributed by atoms with Crippen LogP contribution in [-0.4, -0.2) is 4.98 Å². The van der Waals surface area contributed by atoms with Gasteiger partial charge in [-0.25, -0.2) is 9.37 Å². The lowest BCUT2D eigenvalue weighted by Crippen LogP contribution is -2.13. The zero-order valence-corrected chi connectivity index (χ0v) is 13.6. The van der Waals surface area contributed by atoms with Crippen molar-refractivity contribution >= 4 is 11.6 Å². The van der Waals surface area contributed by atoms with Gasteiger partial charge in [0.05, 0.1) is 0 Å². The molecule has 0 radical (unpaired) electrons. The van der Waals surface area contributed by atoms with Gasteiger partial charge in [-0.05, 0) is 66.8 Å². The maximum absolute atomic E-state index is 14.5. The summed E-state index contributed by atoms with van der Waals surface area (Å²) in [5.41, 5.74) is 2.62. The topological polar surface area (TPSA) is 12.9 Å². The van der Waals surface area contributed by atoms with Crippen LogP contribution in [0, 0.1) is 11.7 Å². The molecule has 0 saturated heterocycles. The van der Waals surface area contributed by atoms with E-state index < -0.39 is 0 Å². The van der Waals surface area contributed by atoms with E-state index >= 15 is 0 Å². The van der Waals surface area contributed by atoms with Gasteiger partial charge in [0, 0.05) is 11.8 Å². The number of hydrogen-bond donors (Lipinski definition) is 0. The molecule has 0 atom stereocenters. The molecular formula is C19H21ClFN. The normalized spacial score (nSPS) is 21.8. The first-order valence-corrected chi connectivity index (χ1v) is 8.46. The first-order chi connectivity index (χ1) is 10.7. The molecule has 0 spiro atoms. The van der Waals surface area contributed by atoms with Gasteiger partial charge in [0.2, 0.25) is 0 Å². The quantitative estimate of drug-likeness (QED) is 0.612. The third-order valence-corrected chi connectivity index (χ3v) is 5.15. The Hall–Kier alpha value is -1.41. The molecular weight excluding hydrogens is 297 g/mol. The molecule has 1 saturated carbocycles. The zero-order valence-electron chi connectivity index (χ0n) is 12.9. The van der Waals surface area contributed by atoms with Crippen molar-refractivity contribution < 1.29 is 4.39 Å². The lowest BCUT2D eigenvalue weighted by Gasteiger charge is -2.28. The van der Waals surface area contributed by atoms with Gasteiger partial charge < -0.3 is 0 Å². The van der Waals surface area contributed by atoms with Crippen molar-refractivity contribution in [3.05, 3.63) is 53.1 Å². The molecule has 0 amide bonds. The summed E-state index contributed by atoms with van der Waals surface area (Å²) in [6, 6.07) is 9.18. The van der Waals surface area contributed by atoms with Gasteiger partial charge in [0.1, 0.15) is 11.0 Å². The summed E-state index contributed by atoms with van der Waals surface area (Å²) in [5, 5.41) is 0.452. The molecule has 1 fully saturated rings. The van der Waals surface area contributed by atoms with Gasteiger partial charge in [0.25, 0.3) is 0 Å². The highest BCUT2D eigenvalue weighted by atomic mass is 35.5. The molecule has 1 heterocycles. The van der Waals surface area contributed by atoms with Crippen molar-refractivity contribution in [3.63, 3.8) is 0 Å². The smallest absolute Gasteiger partial charge is 0.129 e. The molecule has 1 nitrogen and oxygen atoms in total. The van der Waals surface area contributed by atoms with Crippen LogP contribution in [0.15, 0.2) is 36.5 Å². The van der Waals surface area contributed by atoms with Crippen molar-refractivity contribution in [2.75, 3.05) is 0 Å². The number of rotatable bonds is 3. The van der Waals surface area contributed by atoms with Crippen LogP contribution in [0.4, 0.5) is 4.39 Å². The molecule has 0 N–H and O–H groups in total. The Morgan fingerprint density at radius 1 is 1.09 bits per heavy atom. The molecule has 1 aliphatic rings. The molecule has 1 aromatic heterocycles. The summed E-state index contributed by atoms with van der Waals surface area (Å²) in [6.45, 7) is 2.25. The van der Waals surface area contributed by atoms with Crippen molar-refractivity contribution in [1.29, 1.82) is 0 Å². The molecule has 2 aromatic rings. The Bertz CT molecular complexity index is 630. The molecule has 1 aromatic carbocycles. The fourth-order valence-electron chi connectivity index (χ4n) is 3.47. The van der Waals surface area contributed by atoms with Crippen LogP contribution in [0.2, 0.25) is 5.15 Å². The Morgan fingerprint density at radius 3 is 2.41 bits per heavy atom. The maximum atomic E-state index is 14.5. The Morgan fingerprint density at radius 2 is 1.82 bits per heavy atom. The molecule has 0 unspecified atom stereocenters. The minimum absolute atomic E-state index is 0.0904. The summed E-state index contributed by atoms with van der Waals surface area (Å²) in [4.78, 5) is 4.06. The van der Waals surface area contributed by atoms with E-state index in [9.17, 15) is 4.39 Å². The van der Waals surface area contributed by atoms with Gasteiger partial charge >= 0.3 is 0 Å². The third-order valence-electron chi connectivity index (χ3n) is 4.93. The summed E-state index contributed by atoms with van der Waals surface area (Å²) < 4.78 is 14.5. The number of halogens is 2. The number of hydrogen-bond acceptors (Lipinski definition) is 1. The predicted octanol–water partition coefficient (Wildman–Crippen LogP) is 6.22. The lowest BCUT2D eigenvalue weighted by atomic mass is 9.77. The van der Waals surface area contributed by atoms with E-state index in [1.54, 1.807) is 18.3 Å². The maximum Gasteiger partial charge on any atom is 0.129 e. The Labute approximate surface area is 136 Å². The second kappa shape index (κ2) is 6.78. The largest absolute Gasteiger partial charge is 0.244 e. The fourth-order valence-corrected chi connectivity index (χ4v) is 3.58. The second-order valence-corrected chi connectivity index (χ2v) is 6.62. The number of benzene rings is 1. The molecule has 3 rings (SSSR count). The summed E-state index contributed by atoms with van der Waals surface area (Å²) in [6.07, 6.45) is 7.60. The number of aromatic nitrogens is 1. The molecule has 22 heavy (non-hydrogen) atoms. The van der Waals surface area contributed by atoms with E-state index in [1.807, 2.05) is 18.2 Å². The fraction of sp³-hybridized carbons (Fsp3) is 0.421. The van der Waals surface area contributed by atoms with Crippen LogP contribution in [0.25, 0.3) is 11.1 Å². The summed E-state index contributed by atoms with van der Waals surface area (Å²) >= 11 is 5.80. The van der Waals surface area contributed by atoms with Crippen LogP contribution < -0.4 is 0 Å². The van der Waals surface area contributed by atoms with Gasteiger partial charge in [-0.15, -0.1) is 0 Å². The van der Waals surface area contributed by atoms with E-state index in [4.69, 9.17) is 11.6 Å². The van der Waals surface area contributed by atoms with Crippen molar-refractivity contribution in [3.8, 4) is 11.1 Å². The average Bonchev–Trinajstić information content (AvgIpc) is 2.56. The first kappa shape index (κ1) is 15.5. The van der Waals surface area contributed by atoms with E-state index in [2.05, 4.69) is 11.9 Å². The predicted molar refractivity (Wildman–Crippen MR) is 89.6 cm³/mol. The van der Waals surface area contributed by atoms with Gasteiger partial charge in [0.15, 0.2) is 0 Å². The minimum Gasteiger partial charge on any atom is -0.244 e. The Kier molecular flexibility index (Phi) is 4.77. The van der Waals surface area contributed by atoms with E-state index in [0.717, 1.165) is 35.4 Å². The van der Waals surface area contributed by atoms with Crippen LogP contribution in [0.1, 0.15) is 50.5 Å². The monoisotopic (exact) mass is 317 g/mol. The highest BCUT2D eigenvalue weighted by Crippen LogP contribution is 2.38. The van der Waals surface area contributed by atoms with Crippen LogP contribution in [0.5, 0.6) is 0 Å².